The molecular formula is C13H13Cl2N3O4S. The minimum Gasteiger partial charge on any atom is -0.495 e. The third-order valence-electron chi connectivity index (χ3n) is 2.85. The zero-order valence-corrected chi connectivity index (χ0v) is 14.5. The second-order valence-electron chi connectivity index (χ2n) is 4.56. The van der Waals surface area contributed by atoms with Gasteiger partial charge in [0.15, 0.2) is 0 Å². The summed E-state index contributed by atoms with van der Waals surface area (Å²) >= 11 is 11.9. The van der Waals surface area contributed by atoms with Crippen LogP contribution in [-0.2, 0) is 16.6 Å². The van der Waals surface area contributed by atoms with Gasteiger partial charge in [0, 0.05) is 12.1 Å². The zero-order valence-electron chi connectivity index (χ0n) is 12.2. The lowest BCUT2D eigenvalue weighted by Gasteiger charge is -2.11. The number of hydrogen-bond donors (Lipinski definition) is 2. The van der Waals surface area contributed by atoms with Gasteiger partial charge in [0.2, 0.25) is 10.0 Å². The highest BCUT2D eigenvalue weighted by Gasteiger charge is 2.20. The first-order valence-electron chi connectivity index (χ1n) is 6.32. The Balaban J connectivity index is 2.29. The van der Waals surface area contributed by atoms with Crippen LogP contribution in [0.25, 0.3) is 0 Å². The maximum Gasteiger partial charge on any atom is 0.251 e. The van der Waals surface area contributed by atoms with E-state index < -0.39 is 10.0 Å². The Morgan fingerprint density at radius 2 is 1.96 bits per heavy atom. The topological polar surface area (TPSA) is 101 Å². The van der Waals surface area contributed by atoms with Crippen LogP contribution in [0.4, 0.5) is 0 Å². The Bertz CT molecular complexity index is 897. The number of aromatic amines is 1. The van der Waals surface area contributed by atoms with Crippen molar-refractivity contribution < 1.29 is 13.2 Å². The van der Waals surface area contributed by atoms with E-state index in [0.29, 0.717) is 5.82 Å². The fourth-order valence-electron chi connectivity index (χ4n) is 1.85. The lowest BCUT2D eigenvalue weighted by atomic mass is 10.3. The first-order chi connectivity index (χ1) is 10.7. The number of methoxy groups -OCH3 is 1. The largest absolute Gasteiger partial charge is 0.495 e. The van der Waals surface area contributed by atoms with E-state index in [2.05, 4.69) is 14.7 Å². The molecule has 1 heterocycles. The van der Waals surface area contributed by atoms with E-state index in [0.717, 1.165) is 0 Å². The third-order valence-corrected chi connectivity index (χ3v) is 5.01. The number of nitrogens with zero attached hydrogens (tertiary/aromatic N) is 1. The number of aryl methyl sites for hydroxylation is 1. The normalized spacial score (nSPS) is 11.5. The van der Waals surface area contributed by atoms with Crippen LogP contribution in [0, 0.1) is 6.92 Å². The molecule has 0 saturated carbocycles. The molecule has 0 unspecified atom stereocenters. The molecule has 124 valence electrons. The number of ether oxygens (including phenoxy) is 1. The summed E-state index contributed by atoms with van der Waals surface area (Å²) in [5.74, 6) is 0.653. The summed E-state index contributed by atoms with van der Waals surface area (Å²) < 4.78 is 32.0. The molecule has 2 N–H and O–H groups in total. The maximum absolute atomic E-state index is 12.3. The minimum atomic E-state index is -3.94. The minimum absolute atomic E-state index is 0.0335. The number of nitrogens with one attached hydrogen (secondary N) is 2. The first-order valence-corrected chi connectivity index (χ1v) is 8.56. The van der Waals surface area contributed by atoms with E-state index in [-0.39, 0.29) is 38.5 Å². The zero-order chi connectivity index (χ0) is 17.2. The van der Waals surface area contributed by atoms with Gasteiger partial charge in [-0.2, -0.15) is 0 Å². The Morgan fingerprint density at radius 3 is 2.57 bits per heavy atom. The van der Waals surface area contributed by atoms with Crippen molar-refractivity contribution in [1.29, 1.82) is 0 Å². The van der Waals surface area contributed by atoms with Gasteiger partial charge in [-0.1, -0.05) is 23.2 Å². The summed E-state index contributed by atoms with van der Waals surface area (Å²) in [6.45, 7) is 1.44. The van der Waals surface area contributed by atoms with E-state index >= 15 is 0 Å². The molecule has 10 heteroatoms. The second kappa shape index (κ2) is 6.88. The molecule has 0 saturated heterocycles. The van der Waals surface area contributed by atoms with E-state index in [1.54, 1.807) is 6.92 Å². The summed E-state index contributed by atoms with van der Waals surface area (Å²) in [6.07, 6.45) is 0. The molecule has 0 radical (unpaired) electrons. The summed E-state index contributed by atoms with van der Waals surface area (Å²) in [5, 5.41) is 0.0798. The lowest BCUT2D eigenvalue weighted by Crippen LogP contribution is -2.25. The van der Waals surface area contributed by atoms with Gasteiger partial charge in [0.25, 0.3) is 5.56 Å². The molecule has 0 aliphatic heterocycles. The molecule has 0 aliphatic carbocycles. The molecule has 0 atom stereocenters. The number of benzene rings is 1. The lowest BCUT2D eigenvalue weighted by molar-refractivity contribution is 0.414. The molecule has 23 heavy (non-hydrogen) atoms. The Morgan fingerprint density at radius 1 is 1.26 bits per heavy atom. The van der Waals surface area contributed by atoms with Gasteiger partial charge in [-0.25, -0.2) is 18.1 Å². The fraction of sp³-hybridized carbons (Fsp3) is 0.231. The van der Waals surface area contributed by atoms with Crippen molar-refractivity contribution in [2.75, 3.05) is 7.11 Å². The van der Waals surface area contributed by atoms with Gasteiger partial charge in [-0.15, -0.1) is 0 Å². The van der Waals surface area contributed by atoms with Crippen LogP contribution in [0.1, 0.15) is 11.5 Å². The smallest absolute Gasteiger partial charge is 0.251 e. The van der Waals surface area contributed by atoms with Crippen LogP contribution in [0.3, 0.4) is 0 Å². The summed E-state index contributed by atoms with van der Waals surface area (Å²) in [7, 11) is -2.54. The van der Waals surface area contributed by atoms with Gasteiger partial charge in [-0.3, -0.25) is 4.79 Å². The molecule has 7 nitrogen and oxygen atoms in total. The summed E-state index contributed by atoms with van der Waals surface area (Å²) in [4.78, 5) is 17.7. The predicted octanol–water partition coefficient (Wildman–Crippen LogP) is 1.87. The number of H-pyrrole nitrogens is 1. The molecule has 2 aromatic rings. The summed E-state index contributed by atoms with van der Waals surface area (Å²) in [5.41, 5.74) is -0.0808. The second-order valence-corrected chi connectivity index (χ2v) is 7.11. The van der Waals surface area contributed by atoms with Crippen molar-refractivity contribution in [1.82, 2.24) is 14.7 Å². The van der Waals surface area contributed by atoms with E-state index in [4.69, 9.17) is 27.9 Å². The van der Waals surface area contributed by atoms with E-state index in [1.165, 1.54) is 25.3 Å². The van der Waals surface area contributed by atoms with Crippen molar-refractivity contribution in [3.63, 3.8) is 0 Å². The Hall–Kier alpha value is -1.61. The van der Waals surface area contributed by atoms with Crippen LogP contribution < -0.4 is 15.0 Å². The van der Waals surface area contributed by atoms with E-state index in [1.807, 2.05) is 0 Å². The number of hydrogen-bond acceptors (Lipinski definition) is 5. The van der Waals surface area contributed by atoms with Gasteiger partial charge in [0.1, 0.15) is 16.5 Å². The van der Waals surface area contributed by atoms with Crippen molar-refractivity contribution in [3.05, 3.63) is 50.1 Å². The highest BCUT2D eigenvalue weighted by atomic mass is 35.5. The standard InChI is InChI=1S/C13H13Cl2N3O4S/c1-7-17-8(3-13(19)18-7)6-16-23(20,21)12-5-9(14)11(22-2)4-10(12)15/h3-5,16H,6H2,1-2H3,(H,17,18,19). The molecule has 0 amide bonds. The van der Waals surface area contributed by atoms with Crippen molar-refractivity contribution >= 4 is 33.2 Å². The number of rotatable bonds is 5. The summed E-state index contributed by atoms with van der Waals surface area (Å²) in [6, 6.07) is 3.72. The molecule has 1 aromatic carbocycles. The third kappa shape index (κ3) is 4.23. The number of sulfonamides is 1. The molecule has 0 aliphatic rings. The van der Waals surface area contributed by atoms with Crippen molar-refractivity contribution in [2.24, 2.45) is 0 Å². The highest BCUT2D eigenvalue weighted by molar-refractivity contribution is 7.89. The Kier molecular flexibility index (Phi) is 5.30. The SMILES string of the molecule is COc1cc(Cl)c(S(=O)(=O)NCc2cc(=O)[nH]c(C)n2)cc1Cl. The number of aromatic nitrogens is 2. The Labute approximate surface area is 142 Å². The van der Waals surface area contributed by atoms with Gasteiger partial charge >= 0.3 is 0 Å². The maximum atomic E-state index is 12.3. The highest BCUT2D eigenvalue weighted by Crippen LogP contribution is 2.33. The predicted molar refractivity (Wildman–Crippen MR) is 86.6 cm³/mol. The molecule has 0 fully saturated rings. The van der Waals surface area contributed by atoms with E-state index in [9.17, 15) is 13.2 Å². The van der Waals surface area contributed by atoms with Gasteiger partial charge in [-0.05, 0) is 13.0 Å². The molecule has 1 aromatic heterocycles. The van der Waals surface area contributed by atoms with Crippen molar-refractivity contribution in [3.8, 4) is 5.75 Å². The molecular weight excluding hydrogens is 365 g/mol. The molecule has 0 bridgehead atoms. The quantitative estimate of drug-likeness (QED) is 0.827. The fourth-order valence-corrected chi connectivity index (χ4v) is 3.70. The monoisotopic (exact) mass is 377 g/mol. The number of halogens is 2. The molecule has 0 spiro atoms. The molecule has 2 rings (SSSR count). The van der Waals surface area contributed by atoms with Crippen LogP contribution in [-0.4, -0.2) is 25.5 Å². The van der Waals surface area contributed by atoms with Crippen LogP contribution in [0.5, 0.6) is 5.75 Å². The average molecular weight is 378 g/mol. The van der Waals surface area contributed by atoms with Gasteiger partial charge in [0.05, 0.1) is 29.4 Å². The van der Waals surface area contributed by atoms with Crippen molar-refractivity contribution in [2.45, 2.75) is 18.4 Å². The average Bonchev–Trinajstić information content (AvgIpc) is 2.46. The van der Waals surface area contributed by atoms with Gasteiger partial charge < -0.3 is 9.72 Å². The van der Waals surface area contributed by atoms with Crippen LogP contribution >= 0.6 is 23.2 Å². The van der Waals surface area contributed by atoms with Crippen LogP contribution in [0.2, 0.25) is 10.0 Å². The first kappa shape index (κ1) is 17.7. The van der Waals surface area contributed by atoms with Crippen LogP contribution in [0.15, 0.2) is 27.9 Å².